The zero-order valence-electron chi connectivity index (χ0n) is 20.8. The van der Waals surface area contributed by atoms with Crippen LogP contribution in [0, 0.1) is 17.8 Å². The van der Waals surface area contributed by atoms with E-state index in [4.69, 9.17) is 9.47 Å². The summed E-state index contributed by atoms with van der Waals surface area (Å²) in [5.74, 6) is -1.49. The first kappa shape index (κ1) is 28.0. The van der Waals surface area contributed by atoms with E-state index >= 15 is 0 Å². The molecule has 0 saturated carbocycles. The van der Waals surface area contributed by atoms with Gasteiger partial charge in [0.1, 0.15) is 11.9 Å². The van der Waals surface area contributed by atoms with Crippen molar-refractivity contribution in [2.45, 2.75) is 98.0 Å². The van der Waals surface area contributed by atoms with Crippen LogP contribution in [0.5, 0.6) is 5.75 Å². The molecule has 0 aliphatic rings. The SMILES string of the molecule is CCCCC(CC)CC(OC(=O)C(Cc1ccc(OC)cc1)C(=O)O)C(CC)CCCC. The minimum atomic E-state index is -1.20. The summed E-state index contributed by atoms with van der Waals surface area (Å²) in [6.07, 6.45) is 9.32. The zero-order chi connectivity index (χ0) is 23.9. The van der Waals surface area contributed by atoms with E-state index in [1.807, 2.05) is 0 Å². The number of benzene rings is 1. The standard InChI is InChI=1S/C27H44O5/c1-6-10-12-20(8-3)19-25(22(9-4)13-11-7-2)32-27(30)24(26(28)29)18-21-14-16-23(31-5)17-15-21/h14-17,20,22,24-25H,6-13,18-19H2,1-5H3,(H,28,29). The number of unbranched alkanes of at least 4 members (excludes halogenated alkanes) is 2. The molecule has 1 aromatic carbocycles. The smallest absolute Gasteiger partial charge is 0.320 e. The van der Waals surface area contributed by atoms with Gasteiger partial charge >= 0.3 is 11.9 Å². The first-order chi connectivity index (χ1) is 15.4. The number of methoxy groups -OCH3 is 1. The maximum absolute atomic E-state index is 13.1. The summed E-state index contributed by atoms with van der Waals surface area (Å²) in [6.45, 7) is 8.69. The fourth-order valence-electron chi connectivity index (χ4n) is 4.27. The lowest BCUT2D eigenvalue weighted by atomic mass is 9.84. The fourth-order valence-corrected chi connectivity index (χ4v) is 4.27. The fraction of sp³-hybridized carbons (Fsp3) is 0.704. The van der Waals surface area contributed by atoms with E-state index in [1.165, 1.54) is 6.42 Å². The van der Waals surface area contributed by atoms with Crippen molar-refractivity contribution >= 4 is 11.9 Å². The summed E-state index contributed by atoms with van der Waals surface area (Å²) in [5.41, 5.74) is 0.777. The van der Waals surface area contributed by atoms with Crippen molar-refractivity contribution in [2.24, 2.45) is 17.8 Å². The van der Waals surface area contributed by atoms with Crippen LogP contribution in [0.3, 0.4) is 0 Å². The Labute approximate surface area is 194 Å². The van der Waals surface area contributed by atoms with Crippen LogP contribution in [-0.4, -0.2) is 30.3 Å². The second kappa shape index (κ2) is 15.7. The molecule has 0 aliphatic heterocycles. The van der Waals surface area contributed by atoms with E-state index < -0.39 is 17.9 Å². The topological polar surface area (TPSA) is 72.8 Å². The quantitative estimate of drug-likeness (QED) is 0.213. The van der Waals surface area contributed by atoms with Crippen LogP contribution in [0.2, 0.25) is 0 Å². The number of hydrogen-bond acceptors (Lipinski definition) is 4. The molecule has 0 fully saturated rings. The highest BCUT2D eigenvalue weighted by atomic mass is 16.5. The van der Waals surface area contributed by atoms with Crippen molar-refractivity contribution in [3.05, 3.63) is 29.8 Å². The number of aliphatic carboxylic acids is 1. The van der Waals surface area contributed by atoms with Crippen molar-refractivity contribution < 1.29 is 24.2 Å². The van der Waals surface area contributed by atoms with Gasteiger partial charge in [-0.1, -0.05) is 78.4 Å². The summed E-state index contributed by atoms with van der Waals surface area (Å²) in [6, 6.07) is 7.15. The maximum Gasteiger partial charge on any atom is 0.320 e. The Hall–Kier alpha value is -2.04. The lowest BCUT2D eigenvalue weighted by Gasteiger charge is -2.30. The molecule has 0 spiro atoms. The largest absolute Gasteiger partial charge is 0.497 e. The molecule has 1 aromatic rings. The molecule has 5 nitrogen and oxygen atoms in total. The molecule has 182 valence electrons. The first-order valence-electron chi connectivity index (χ1n) is 12.5. The van der Waals surface area contributed by atoms with Gasteiger partial charge in [-0.2, -0.15) is 0 Å². The summed E-state index contributed by atoms with van der Waals surface area (Å²) >= 11 is 0. The van der Waals surface area contributed by atoms with Crippen LogP contribution >= 0.6 is 0 Å². The lowest BCUT2D eigenvalue weighted by molar-refractivity contribution is -0.165. The molecule has 0 heterocycles. The Balaban J connectivity index is 2.99. The van der Waals surface area contributed by atoms with Crippen LogP contribution in [0.1, 0.15) is 91.0 Å². The molecule has 5 heteroatoms. The van der Waals surface area contributed by atoms with Gasteiger partial charge in [0.25, 0.3) is 0 Å². The van der Waals surface area contributed by atoms with Crippen molar-refractivity contribution in [1.82, 2.24) is 0 Å². The predicted molar refractivity (Wildman–Crippen MR) is 129 cm³/mol. The van der Waals surface area contributed by atoms with Crippen LogP contribution in [0.25, 0.3) is 0 Å². The zero-order valence-corrected chi connectivity index (χ0v) is 20.8. The predicted octanol–water partition coefficient (Wildman–Crippen LogP) is 6.67. The molecule has 0 amide bonds. The number of ether oxygens (including phenoxy) is 2. The van der Waals surface area contributed by atoms with Crippen LogP contribution < -0.4 is 4.74 Å². The third kappa shape index (κ3) is 9.62. The minimum absolute atomic E-state index is 0.115. The minimum Gasteiger partial charge on any atom is -0.497 e. The van der Waals surface area contributed by atoms with Gasteiger partial charge in [-0.25, -0.2) is 0 Å². The van der Waals surface area contributed by atoms with Gasteiger partial charge in [0.15, 0.2) is 5.92 Å². The van der Waals surface area contributed by atoms with Gasteiger partial charge < -0.3 is 14.6 Å². The summed E-state index contributed by atoms with van der Waals surface area (Å²) in [5, 5.41) is 9.77. The second-order valence-electron chi connectivity index (χ2n) is 8.88. The molecule has 32 heavy (non-hydrogen) atoms. The highest BCUT2D eigenvalue weighted by Gasteiger charge is 2.33. The molecule has 0 aliphatic carbocycles. The van der Waals surface area contributed by atoms with Gasteiger partial charge in [-0.3, -0.25) is 9.59 Å². The molecular formula is C27H44O5. The number of carboxylic acid groups (broad SMARTS) is 1. The number of rotatable bonds is 17. The molecule has 4 unspecified atom stereocenters. The van der Waals surface area contributed by atoms with Crippen molar-refractivity contribution in [3.63, 3.8) is 0 Å². The Kier molecular flexibility index (Phi) is 13.7. The highest BCUT2D eigenvalue weighted by molar-refractivity contribution is 5.94. The van der Waals surface area contributed by atoms with Gasteiger partial charge in [-0.15, -0.1) is 0 Å². The molecule has 0 aromatic heterocycles. The van der Waals surface area contributed by atoms with E-state index in [-0.39, 0.29) is 18.4 Å². The van der Waals surface area contributed by atoms with Crippen LogP contribution in [0.15, 0.2) is 24.3 Å². The highest BCUT2D eigenvalue weighted by Crippen LogP contribution is 2.29. The molecule has 1 rings (SSSR count). The Morgan fingerprint density at radius 1 is 0.938 bits per heavy atom. The van der Waals surface area contributed by atoms with E-state index in [9.17, 15) is 14.7 Å². The number of carboxylic acids is 1. The normalized spacial score (nSPS) is 14.9. The molecule has 0 bridgehead atoms. The van der Waals surface area contributed by atoms with E-state index in [1.54, 1.807) is 31.4 Å². The number of carbonyl (C=O) groups is 2. The van der Waals surface area contributed by atoms with Gasteiger partial charge in [0.2, 0.25) is 0 Å². The Morgan fingerprint density at radius 2 is 1.56 bits per heavy atom. The Bertz CT molecular complexity index is 655. The van der Waals surface area contributed by atoms with Crippen molar-refractivity contribution in [2.75, 3.05) is 7.11 Å². The average molecular weight is 449 g/mol. The number of carbonyl (C=O) groups excluding carboxylic acids is 1. The summed E-state index contributed by atoms with van der Waals surface area (Å²) in [7, 11) is 1.58. The number of esters is 1. The number of hydrogen-bond donors (Lipinski definition) is 1. The van der Waals surface area contributed by atoms with Gasteiger partial charge in [0, 0.05) is 0 Å². The van der Waals surface area contributed by atoms with Crippen LogP contribution in [-0.2, 0) is 20.7 Å². The molecule has 4 atom stereocenters. The summed E-state index contributed by atoms with van der Waals surface area (Å²) < 4.78 is 11.2. The van der Waals surface area contributed by atoms with Crippen molar-refractivity contribution in [3.8, 4) is 5.75 Å². The van der Waals surface area contributed by atoms with E-state index in [2.05, 4.69) is 27.7 Å². The lowest BCUT2D eigenvalue weighted by Crippen LogP contribution is -2.35. The van der Waals surface area contributed by atoms with E-state index in [0.29, 0.717) is 11.7 Å². The monoisotopic (exact) mass is 448 g/mol. The van der Waals surface area contributed by atoms with E-state index in [0.717, 1.165) is 56.9 Å². The van der Waals surface area contributed by atoms with Crippen molar-refractivity contribution in [1.29, 1.82) is 0 Å². The van der Waals surface area contributed by atoms with Crippen LogP contribution in [0.4, 0.5) is 0 Å². The first-order valence-corrected chi connectivity index (χ1v) is 12.5. The molecule has 1 N–H and O–H groups in total. The third-order valence-electron chi connectivity index (χ3n) is 6.54. The second-order valence-corrected chi connectivity index (χ2v) is 8.88. The maximum atomic E-state index is 13.1. The summed E-state index contributed by atoms with van der Waals surface area (Å²) in [4.78, 5) is 25.0. The molecule has 0 saturated heterocycles. The van der Waals surface area contributed by atoms with Gasteiger partial charge in [0.05, 0.1) is 7.11 Å². The molecule has 0 radical (unpaired) electrons. The average Bonchev–Trinajstić information content (AvgIpc) is 2.80. The third-order valence-corrected chi connectivity index (χ3v) is 6.54. The van der Waals surface area contributed by atoms with Gasteiger partial charge in [-0.05, 0) is 55.2 Å². The molecular weight excluding hydrogens is 404 g/mol. The Morgan fingerprint density at radius 3 is 2.06 bits per heavy atom.